The van der Waals surface area contributed by atoms with Gasteiger partial charge in [-0.2, -0.15) is 0 Å². The molecule has 0 radical (unpaired) electrons. The monoisotopic (exact) mass is 403 g/mol. The lowest BCUT2D eigenvalue weighted by Gasteiger charge is -2.33. The van der Waals surface area contributed by atoms with Gasteiger partial charge in [0.25, 0.3) is 0 Å². The average Bonchev–Trinajstić information content (AvgIpc) is 2.96. The molecule has 1 heterocycles. The molecule has 4 rings (SSSR count). The number of nitrogens with zero attached hydrogens (tertiary/aromatic N) is 1. The van der Waals surface area contributed by atoms with E-state index in [0.717, 1.165) is 16.9 Å². The Morgan fingerprint density at radius 3 is 2.20 bits per heavy atom. The summed E-state index contributed by atoms with van der Waals surface area (Å²) in [5.41, 5.74) is 1.98. The third kappa shape index (κ3) is 4.47. The quantitative estimate of drug-likeness (QED) is 0.613. The molecule has 0 bridgehead atoms. The van der Waals surface area contributed by atoms with Gasteiger partial charge >= 0.3 is 0 Å². The lowest BCUT2D eigenvalue weighted by atomic mass is 10.0. The molecular weight excluding hydrogens is 378 g/mol. The van der Waals surface area contributed by atoms with Gasteiger partial charge in [0.15, 0.2) is 0 Å². The molecule has 1 saturated heterocycles. The predicted molar refractivity (Wildman–Crippen MR) is 114 cm³/mol. The fraction of sp³-hybridized carbons (Fsp3) is 0.240. The topological polar surface area (TPSA) is 48.0 Å². The number of hydrogen-bond acceptors (Lipinski definition) is 4. The Morgan fingerprint density at radius 2 is 1.53 bits per heavy atom. The molecule has 0 saturated carbocycles. The summed E-state index contributed by atoms with van der Waals surface area (Å²) in [5, 5.41) is 0. The largest absolute Gasteiger partial charge is 0.497 e. The van der Waals surface area contributed by atoms with E-state index in [-0.39, 0.29) is 12.5 Å². The molecule has 0 aromatic heterocycles. The molecule has 1 aliphatic rings. The predicted octanol–water partition coefficient (Wildman–Crippen LogP) is 4.38. The summed E-state index contributed by atoms with van der Waals surface area (Å²) in [7, 11) is 1.63. The Kier molecular flexibility index (Phi) is 6.00. The van der Waals surface area contributed by atoms with E-state index < -0.39 is 5.79 Å². The maximum atomic E-state index is 12.8. The second kappa shape index (κ2) is 9.01. The van der Waals surface area contributed by atoms with E-state index in [1.54, 1.807) is 7.11 Å². The summed E-state index contributed by atoms with van der Waals surface area (Å²) < 4.78 is 17.8. The Hall–Kier alpha value is -3.31. The molecule has 3 aromatic rings. The van der Waals surface area contributed by atoms with Crippen LogP contribution in [0.15, 0.2) is 84.9 Å². The fourth-order valence-corrected chi connectivity index (χ4v) is 3.61. The minimum atomic E-state index is -1.04. The highest BCUT2D eigenvalue weighted by Crippen LogP contribution is 2.35. The fourth-order valence-electron chi connectivity index (χ4n) is 3.61. The van der Waals surface area contributed by atoms with E-state index in [1.165, 1.54) is 0 Å². The molecule has 1 fully saturated rings. The van der Waals surface area contributed by atoms with Crippen molar-refractivity contribution in [3.63, 3.8) is 0 Å². The molecule has 154 valence electrons. The second-order valence-electron chi connectivity index (χ2n) is 7.24. The molecule has 1 unspecified atom stereocenters. The molecule has 1 atom stereocenters. The molecule has 0 N–H and O–H groups in total. The van der Waals surface area contributed by atoms with Gasteiger partial charge in [0.2, 0.25) is 11.7 Å². The Balaban J connectivity index is 1.60. The van der Waals surface area contributed by atoms with Crippen LogP contribution in [0.3, 0.4) is 0 Å². The molecule has 1 amide bonds. The smallest absolute Gasteiger partial charge is 0.249 e. The number of carbonyl (C=O) groups is 1. The first-order valence-electron chi connectivity index (χ1n) is 10.0. The minimum absolute atomic E-state index is 0.0438. The van der Waals surface area contributed by atoms with E-state index in [9.17, 15) is 4.79 Å². The highest BCUT2D eigenvalue weighted by molar-refractivity contribution is 5.77. The Morgan fingerprint density at radius 1 is 0.900 bits per heavy atom. The van der Waals surface area contributed by atoms with Crippen LogP contribution in [-0.4, -0.2) is 31.1 Å². The molecular formula is C25H25NO4. The van der Waals surface area contributed by atoms with Crippen LogP contribution in [0.2, 0.25) is 0 Å². The van der Waals surface area contributed by atoms with Crippen molar-refractivity contribution in [1.29, 1.82) is 0 Å². The molecule has 5 heteroatoms. The number of methoxy groups -OCH3 is 1. The van der Waals surface area contributed by atoms with Crippen LogP contribution in [0.1, 0.15) is 17.5 Å². The Bertz CT molecular complexity index is 959. The summed E-state index contributed by atoms with van der Waals surface area (Å²) >= 11 is 0. The first-order valence-corrected chi connectivity index (χ1v) is 10.0. The zero-order valence-corrected chi connectivity index (χ0v) is 17.0. The van der Waals surface area contributed by atoms with E-state index in [4.69, 9.17) is 14.2 Å². The van der Waals surface area contributed by atoms with Crippen molar-refractivity contribution in [3.8, 4) is 11.5 Å². The van der Waals surface area contributed by atoms with Gasteiger partial charge in [-0.15, -0.1) is 0 Å². The van der Waals surface area contributed by atoms with Crippen molar-refractivity contribution in [2.75, 3.05) is 20.3 Å². The summed E-state index contributed by atoms with van der Waals surface area (Å²) in [4.78, 5) is 14.6. The van der Waals surface area contributed by atoms with Gasteiger partial charge in [-0.3, -0.25) is 4.79 Å². The Labute approximate surface area is 176 Å². The van der Waals surface area contributed by atoms with Gasteiger partial charge in [0.05, 0.1) is 7.11 Å². The first-order chi connectivity index (χ1) is 14.7. The first kappa shape index (κ1) is 20.0. The lowest BCUT2D eigenvalue weighted by molar-refractivity contribution is -0.191. The number of rotatable bonds is 6. The summed E-state index contributed by atoms with van der Waals surface area (Å²) in [6.07, 6.45) is 0.515. The number of ether oxygens (including phenoxy) is 3. The number of carbonyl (C=O) groups excluding carboxylic acids is 1. The standard InChI is InChI=1S/C25H25NO4/c1-28-22-12-14-23(15-13-22)30-25(21-10-6-3-7-11-21)16-17-26(24(27)19-29-25)18-20-8-4-2-5-9-20/h2-15H,16-19H2,1H3. The van der Waals surface area contributed by atoms with Crippen molar-refractivity contribution in [1.82, 2.24) is 4.90 Å². The number of benzene rings is 3. The van der Waals surface area contributed by atoms with E-state index in [0.29, 0.717) is 25.3 Å². The van der Waals surface area contributed by atoms with Crippen molar-refractivity contribution < 1.29 is 19.0 Å². The van der Waals surface area contributed by atoms with Crippen LogP contribution >= 0.6 is 0 Å². The molecule has 5 nitrogen and oxygen atoms in total. The van der Waals surface area contributed by atoms with Crippen LogP contribution < -0.4 is 9.47 Å². The van der Waals surface area contributed by atoms with Gasteiger partial charge in [-0.1, -0.05) is 60.7 Å². The van der Waals surface area contributed by atoms with Gasteiger partial charge < -0.3 is 19.1 Å². The zero-order valence-electron chi connectivity index (χ0n) is 17.0. The van der Waals surface area contributed by atoms with Gasteiger partial charge in [-0.25, -0.2) is 0 Å². The third-order valence-corrected chi connectivity index (χ3v) is 5.26. The van der Waals surface area contributed by atoms with E-state index >= 15 is 0 Å². The summed E-state index contributed by atoms with van der Waals surface area (Å²) in [6.45, 7) is 1.03. The van der Waals surface area contributed by atoms with Crippen molar-refractivity contribution in [2.24, 2.45) is 0 Å². The van der Waals surface area contributed by atoms with Gasteiger partial charge in [-0.05, 0) is 29.8 Å². The summed E-state index contributed by atoms with van der Waals surface area (Å²) in [6, 6.07) is 27.2. The minimum Gasteiger partial charge on any atom is -0.497 e. The number of hydrogen-bond donors (Lipinski definition) is 0. The SMILES string of the molecule is COc1ccc(OC2(c3ccccc3)CCN(Cc3ccccc3)C(=O)CO2)cc1. The zero-order chi connectivity index (χ0) is 20.8. The number of amides is 1. The lowest BCUT2D eigenvalue weighted by Crippen LogP contribution is -2.37. The molecule has 0 aliphatic carbocycles. The van der Waals surface area contributed by atoms with Crippen LogP contribution in [0.25, 0.3) is 0 Å². The van der Waals surface area contributed by atoms with Crippen molar-refractivity contribution >= 4 is 5.91 Å². The third-order valence-electron chi connectivity index (χ3n) is 5.26. The molecule has 1 aliphatic heterocycles. The maximum absolute atomic E-state index is 12.8. The molecule has 30 heavy (non-hydrogen) atoms. The molecule has 0 spiro atoms. The van der Waals surface area contributed by atoms with Crippen molar-refractivity contribution in [2.45, 2.75) is 18.8 Å². The molecule has 3 aromatic carbocycles. The second-order valence-corrected chi connectivity index (χ2v) is 7.24. The van der Waals surface area contributed by atoms with E-state index in [1.807, 2.05) is 89.8 Å². The normalized spacial score (nSPS) is 19.2. The maximum Gasteiger partial charge on any atom is 0.249 e. The highest BCUT2D eigenvalue weighted by Gasteiger charge is 2.40. The van der Waals surface area contributed by atoms with Crippen LogP contribution in [-0.2, 0) is 21.9 Å². The highest BCUT2D eigenvalue weighted by atomic mass is 16.7. The van der Waals surface area contributed by atoms with Crippen LogP contribution in [0, 0.1) is 0 Å². The van der Waals surface area contributed by atoms with Gasteiger partial charge in [0.1, 0.15) is 18.1 Å². The van der Waals surface area contributed by atoms with Crippen molar-refractivity contribution in [3.05, 3.63) is 96.1 Å². The van der Waals surface area contributed by atoms with Gasteiger partial charge in [0, 0.05) is 25.1 Å². The average molecular weight is 403 g/mol. The van der Waals surface area contributed by atoms with Crippen LogP contribution in [0.4, 0.5) is 0 Å². The summed E-state index contributed by atoms with van der Waals surface area (Å²) in [5.74, 6) is 0.317. The van der Waals surface area contributed by atoms with Crippen LogP contribution in [0.5, 0.6) is 11.5 Å². The van der Waals surface area contributed by atoms with E-state index in [2.05, 4.69) is 0 Å².